The predicted octanol–water partition coefficient (Wildman–Crippen LogP) is 5.48. The molecule has 1 aliphatic rings. The number of ether oxygens (including phenoxy) is 3. The van der Waals surface area contributed by atoms with Crippen molar-refractivity contribution in [1.82, 2.24) is 0 Å². The normalized spacial score (nSPS) is 15.7. The van der Waals surface area contributed by atoms with Crippen molar-refractivity contribution in [2.24, 2.45) is 0 Å². The van der Waals surface area contributed by atoms with Crippen molar-refractivity contribution < 1.29 is 14.2 Å². The zero-order valence-electron chi connectivity index (χ0n) is 17.3. The molecule has 0 aliphatic carbocycles. The molecule has 3 aromatic carbocycles. The zero-order chi connectivity index (χ0) is 20.4. The number of nitrogens with one attached hydrogen (secondary N) is 1. The van der Waals surface area contributed by atoms with E-state index < -0.39 is 0 Å². The Balaban J connectivity index is 1.25. The Labute approximate surface area is 178 Å². The maximum atomic E-state index is 6.00. The molecular formula is C26H29NO3. The third kappa shape index (κ3) is 6.01. The summed E-state index contributed by atoms with van der Waals surface area (Å²) in [5, 5.41) is 3.48. The van der Waals surface area contributed by atoms with Gasteiger partial charge in [0.2, 0.25) is 0 Å². The summed E-state index contributed by atoms with van der Waals surface area (Å²) in [6, 6.07) is 26.7. The van der Waals surface area contributed by atoms with Gasteiger partial charge >= 0.3 is 0 Å². The van der Waals surface area contributed by atoms with Crippen LogP contribution in [-0.2, 0) is 17.7 Å². The van der Waals surface area contributed by atoms with E-state index in [1.165, 1.54) is 11.1 Å². The van der Waals surface area contributed by atoms with Gasteiger partial charge in [-0.1, -0.05) is 54.6 Å². The van der Waals surface area contributed by atoms with E-state index in [9.17, 15) is 0 Å². The maximum Gasteiger partial charge on any atom is 0.142 e. The van der Waals surface area contributed by atoms with Crippen LogP contribution in [0.3, 0.4) is 0 Å². The summed E-state index contributed by atoms with van der Waals surface area (Å²) >= 11 is 0. The van der Waals surface area contributed by atoms with E-state index in [1.54, 1.807) is 0 Å². The van der Waals surface area contributed by atoms with Gasteiger partial charge in [0, 0.05) is 19.6 Å². The highest BCUT2D eigenvalue weighted by molar-refractivity contribution is 5.56. The van der Waals surface area contributed by atoms with E-state index in [0.29, 0.717) is 13.2 Å². The Morgan fingerprint density at radius 1 is 0.833 bits per heavy atom. The minimum atomic E-state index is 0.215. The van der Waals surface area contributed by atoms with E-state index >= 15 is 0 Å². The third-order valence-corrected chi connectivity index (χ3v) is 5.24. The van der Waals surface area contributed by atoms with Crippen LogP contribution >= 0.6 is 0 Å². The molecule has 1 saturated heterocycles. The van der Waals surface area contributed by atoms with Gasteiger partial charge in [-0.15, -0.1) is 0 Å². The Morgan fingerprint density at radius 3 is 2.43 bits per heavy atom. The summed E-state index contributed by atoms with van der Waals surface area (Å²) in [6.45, 7) is 2.86. The van der Waals surface area contributed by atoms with Gasteiger partial charge in [-0.2, -0.15) is 0 Å². The van der Waals surface area contributed by atoms with Crippen LogP contribution in [0.15, 0.2) is 78.9 Å². The lowest BCUT2D eigenvalue weighted by atomic mass is 10.2. The van der Waals surface area contributed by atoms with Crippen LogP contribution in [-0.4, -0.2) is 25.9 Å². The summed E-state index contributed by atoms with van der Waals surface area (Å²) in [7, 11) is 0. The van der Waals surface area contributed by atoms with Gasteiger partial charge in [0.1, 0.15) is 18.1 Å². The Hall–Kier alpha value is -2.98. The van der Waals surface area contributed by atoms with Gasteiger partial charge < -0.3 is 19.5 Å². The van der Waals surface area contributed by atoms with E-state index in [4.69, 9.17) is 14.2 Å². The Bertz CT molecular complexity index is 890. The van der Waals surface area contributed by atoms with Crippen molar-refractivity contribution in [3.8, 4) is 11.5 Å². The standard InChI is InChI=1S/C26H29NO3/c1-2-7-21(8-3-1)16-18-29-23-14-12-22(13-15-23)19-27-25-10-4-5-11-26(25)30-20-24-9-6-17-28-24/h1-5,7-8,10-15,24,27H,6,9,16-20H2. The highest BCUT2D eigenvalue weighted by Crippen LogP contribution is 2.26. The second-order valence-electron chi connectivity index (χ2n) is 7.52. The molecule has 4 nitrogen and oxygen atoms in total. The minimum absolute atomic E-state index is 0.215. The third-order valence-electron chi connectivity index (χ3n) is 5.24. The first-order valence-electron chi connectivity index (χ1n) is 10.7. The van der Waals surface area contributed by atoms with Crippen molar-refractivity contribution in [3.05, 3.63) is 90.0 Å². The quantitative estimate of drug-likeness (QED) is 0.487. The first-order valence-corrected chi connectivity index (χ1v) is 10.7. The van der Waals surface area contributed by atoms with Gasteiger partial charge in [-0.25, -0.2) is 0 Å². The van der Waals surface area contributed by atoms with Crippen LogP contribution in [0.5, 0.6) is 11.5 Å². The SMILES string of the molecule is c1ccc(CCOc2ccc(CNc3ccccc3OCC3CCCO3)cc2)cc1. The smallest absolute Gasteiger partial charge is 0.142 e. The van der Waals surface area contributed by atoms with E-state index in [0.717, 1.165) is 49.6 Å². The fraction of sp³-hybridized carbons (Fsp3) is 0.308. The van der Waals surface area contributed by atoms with E-state index in [2.05, 4.69) is 41.7 Å². The number of rotatable bonds is 10. The molecule has 4 rings (SSSR count). The number of hydrogen-bond acceptors (Lipinski definition) is 4. The van der Waals surface area contributed by atoms with E-state index in [-0.39, 0.29) is 6.10 Å². The summed E-state index contributed by atoms with van der Waals surface area (Å²) < 4.78 is 17.5. The molecule has 4 heteroatoms. The van der Waals surface area contributed by atoms with Crippen LogP contribution in [0.2, 0.25) is 0 Å². The van der Waals surface area contributed by atoms with Crippen molar-refractivity contribution in [1.29, 1.82) is 0 Å². The van der Waals surface area contributed by atoms with E-state index in [1.807, 2.05) is 42.5 Å². The molecule has 156 valence electrons. The van der Waals surface area contributed by atoms with Crippen LogP contribution in [0.1, 0.15) is 24.0 Å². The molecule has 0 amide bonds. The average Bonchev–Trinajstić information content (AvgIpc) is 3.32. The molecule has 1 atom stereocenters. The summed E-state index contributed by atoms with van der Waals surface area (Å²) in [6.07, 6.45) is 3.33. The lowest BCUT2D eigenvalue weighted by Crippen LogP contribution is -2.16. The molecule has 1 fully saturated rings. The molecule has 3 aromatic rings. The van der Waals surface area contributed by atoms with Crippen LogP contribution in [0.25, 0.3) is 0 Å². The minimum Gasteiger partial charge on any atom is -0.493 e. The average molecular weight is 404 g/mol. The van der Waals surface area contributed by atoms with Crippen LogP contribution in [0, 0.1) is 0 Å². The fourth-order valence-electron chi connectivity index (χ4n) is 3.53. The highest BCUT2D eigenvalue weighted by atomic mass is 16.5. The second kappa shape index (κ2) is 10.7. The first kappa shape index (κ1) is 20.3. The largest absolute Gasteiger partial charge is 0.493 e. The van der Waals surface area contributed by atoms with Gasteiger partial charge in [0.15, 0.2) is 0 Å². The van der Waals surface area contributed by atoms with Gasteiger partial charge in [-0.3, -0.25) is 0 Å². The number of hydrogen-bond donors (Lipinski definition) is 1. The molecule has 1 aliphatic heterocycles. The highest BCUT2D eigenvalue weighted by Gasteiger charge is 2.16. The topological polar surface area (TPSA) is 39.7 Å². The molecule has 1 unspecified atom stereocenters. The van der Waals surface area contributed by atoms with Gasteiger partial charge in [0.25, 0.3) is 0 Å². The first-order chi connectivity index (χ1) is 14.9. The van der Waals surface area contributed by atoms with Crippen molar-refractivity contribution in [2.75, 3.05) is 25.1 Å². The predicted molar refractivity (Wildman–Crippen MR) is 120 cm³/mol. The lowest BCUT2D eigenvalue weighted by Gasteiger charge is -2.16. The maximum absolute atomic E-state index is 6.00. The second-order valence-corrected chi connectivity index (χ2v) is 7.52. The van der Waals surface area contributed by atoms with Crippen molar-refractivity contribution >= 4 is 5.69 Å². The monoisotopic (exact) mass is 403 g/mol. The lowest BCUT2D eigenvalue weighted by molar-refractivity contribution is 0.0682. The number of benzene rings is 3. The fourth-order valence-corrected chi connectivity index (χ4v) is 3.53. The molecule has 30 heavy (non-hydrogen) atoms. The molecule has 0 radical (unpaired) electrons. The van der Waals surface area contributed by atoms with Gasteiger partial charge in [-0.05, 0) is 48.2 Å². The van der Waals surface area contributed by atoms with Crippen LogP contribution < -0.4 is 14.8 Å². The molecule has 0 saturated carbocycles. The molecule has 1 heterocycles. The van der Waals surface area contributed by atoms with Gasteiger partial charge in [0.05, 0.1) is 18.4 Å². The Kier molecular flexibility index (Phi) is 7.24. The Morgan fingerprint density at radius 2 is 1.63 bits per heavy atom. The summed E-state index contributed by atoms with van der Waals surface area (Å²) in [5.41, 5.74) is 3.48. The summed E-state index contributed by atoms with van der Waals surface area (Å²) in [5.74, 6) is 1.77. The zero-order valence-corrected chi connectivity index (χ0v) is 17.3. The number of para-hydroxylation sites is 2. The molecule has 0 spiro atoms. The van der Waals surface area contributed by atoms with Crippen molar-refractivity contribution in [2.45, 2.75) is 31.9 Å². The molecule has 1 N–H and O–H groups in total. The molecular weight excluding hydrogens is 374 g/mol. The van der Waals surface area contributed by atoms with Crippen molar-refractivity contribution in [3.63, 3.8) is 0 Å². The summed E-state index contributed by atoms with van der Waals surface area (Å²) in [4.78, 5) is 0. The number of anilines is 1. The van der Waals surface area contributed by atoms with Crippen LogP contribution in [0.4, 0.5) is 5.69 Å². The molecule has 0 aromatic heterocycles. The molecule has 0 bridgehead atoms.